The maximum Gasteiger partial charge on any atom is 0.340 e. The summed E-state index contributed by atoms with van der Waals surface area (Å²) < 4.78 is 6.47. The number of nitrogens with zero attached hydrogens (tertiary/aromatic N) is 3. The Balaban J connectivity index is 1.77. The zero-order valence-electron chi connectivity index (χ0n) is 22.3. The monoisotopic (exact) mass is 491 g/mol. The normalized spacial score (nSPS) is 16.2. The maximum absolute atomic E-state index is 13.5. The maximum atomic E-state index is 13.5. The Kier molecular flexibility index (Phi) is 6.16. The van der Waals surface area contributed by atoms with E-state index in [1.165, 1.54) is 5.56 Å². The molecule has 5 nitrogen and oxygen atoms in total. The zero-order valence-corrected chi connectivity index (χ0v) is 22.3. The van der Waals surface area contributed by atoms with Crippen molar-refractivity contribution in [2.75, 3.05) is 49.9 Å². The number of rotatable bonds is 6. The topological polar surface area (TPSA) is 36.0 Å². The van der Waals surface area contributed by atoms with E-state index in [1.54, 1.807) is 0 Å². The van der Waals surface area contributed by atoms with Crippen LogP contribution < -0.4 is 14.7 Å². The minimum Gasteiger partial charge on any atom is -0.440 e. The number of anilines is 4. The summed E-state index contributed by atoms with van der Waals surface area (Å²) in [5, 5.41) is 0. The summed E-state index contributed by atoms with van der Waals surface area (Å²) in [4.78, 5) is 19.7. The quantitative estimate of drug-likeness (QED) is 0.294. The van der Waals surface area contributed by atoms with E-state index in [9.17, 15) is 4.79 Å². The van der Waals surface area contributed by atoms with Crippen LogP contribution in [0.15, 0.2) is 91.0 Å². The lowest BCUT2D eigenvalue weighted by Crippen LogP contribution is -2.31. The number of esters is 1. The standard InChI is InChI=1S/C32H33N3O2/c1-22-11-15-25(16-12-22)35(6)30-10-8-7-9-29(30)32(23-13-17-24(18-14-23)33(2)3)28-20-19-26(34(4)5)21-27(28)31(36)37-32/h7-21H,1-6H3. The van der Waals surface area contributed by atoms with Crippen molar-refractivity contribution >= 4 is 28.7 Å². The van der Waals surface area contributed by atoms with Crippen molar-refractivity contribution in [3.05, 3.63) is 119 Å². The molecule has 4 aromatic carbocycles. The molecule has 1 aliphatic rings. The fourth-order valence-corrected chi connectivity index (χ4v) is 5.07. The third kappa shape index (κ3) is 4.10. The van der Waals surface area contributed by atoms with Gasteiger partial charge < -0.3 is 19.4 Å². The van der Waals surface area contributed by atoms with Gasteiger partial charge in [-0.25, -0.2) is 4.79 Å². The Bertz CT molecular complexity index is 1440. The van der Waals surface area contributed by atoms with Crippen molar-refractivity contribution in [3.63, 3.8) is 0 Å². The van der Waals surface area contributed by atoms with E-state index in [0.717, 1.165) is 39.4 Å². The predicted molar refractivity (Wildman–Crippen MR) is 153 cm³/mol. The van der Waals surface area contributed by atoms with Crippen LogP contribution >= 0.6 is 0 Å². The first-order valence-corrected chi connectivity index (χ1v) is 12.5. The van der Waals surface area contributed by atoms with Gasteiger partial charge in [-0.1, -0.05) is 54.1 Å². The highest BCUT2D eigenvalue weighted by molar-refractivity contribution is 5.98. The number of cyclic esters (lactones) is 1. The van der Waals surface area contributed by atoms with Crippen LogP contribution in [0.25, 0.3) is 0 Å². The molecule has 0 aromatic heterocycles. The molecule has 0 radical (unpaired) electrons. The summed E-state index contributed by atoms with van der Waals surface area (Å²) in [6.07, 6.45) is 0. The average molecular weight is 492 g/mol. The highest BCUT2D eigenvalue weighted by Crippen LogP contribution is 2.51. The summed E-state index contributed by atoms with van der Waals surface area (Å²) in [6, 6.07) is 31.0. The minimum absolute atomic E-state index is 0.317. The van der Waals surface area contributed by atoms with Crippen LogP contribution in [0.1, 0.15) is 32.6 Å². The van der Waals surface area contributed by atoms with E-state index in [-0.39, 0.29) is 5.97 Å². The second kappa shape index (κ2) is 9.32. The fraction of sp³-hybridized carbons (Fsp3) is 0.219. The van der Waals surface area contributed by atoms with E-state index < -0.39 is 5.60 Å². The Labute approximate surface area is 219 Å². The first-order valence-electron chi connectivity index (χ1n) is 12.5. The Morgan fingerprint density at radius 3 is 1.89 bits per heavy atom. The van der Waals surface area contributed by atoms with Gasteiger partial charge in [-0.05, 0) is 49.4 Å². The molecule has 37 heavy (non-hydrogen) atoms. The van der Waals surface area contributed by atoms with Crippen molar-refractivity contribution in [1.82, 2.24) is 0 Å². The number of carbonyl (C=O) groups is 1. The molecule has 0 saturated heterocycles. The lowest BCUT2D eigenvalue weighted by Gasteiger charge is -2.34. The molecule has 0 aliphatic carbocycles. The molecule has 188 valence electrons. The van der Waals surface area contributed by atoms with Crippen molar-refractivity contribution in [3.8, 4) is 0 Å². The Morgan fingerprint density at radius 1 is 0.649 bits per heavy atom. The van der Waals surface area contributed by atoms with Gasteiger partial charge >= 0.3 is 5.97 Å². The largest absolute Gasteiger partial charge is 0.440 e. The molecule has 1 atom stereocenters. The van der Waals surface area contributed by atoms with Crippen LogP contribution in [-0.2, 0) is 10.3 Å². The van der Waals surface area contributed by atoms with Gasteiger partial charge in [-0.3, -0.25) is 0 Å². The number of benzene rings is 4. The molecule has 0 saturated carbocycles. The summed E-state index contributed by atoms with van der Waals surface area (Å²) in [5.74, 6) is -0.317. The number of ether oxygens (including phenoxy) is 1. The molecule has 0 fully saturated rings. The van der Waals surface area contributed by atoms with Crippen molar-refractivity contribution < 1.29 is 9.53 Å². The zero-order chi connectivity index (χ0) is 26.3. The molecule has 5 heteroatoms. The molecule has 0 spiro atoms. The third-order valence-electron chi connectivity index (χ3n) is 7.22. The van der Waals surface area contributed by atoms with Crippen molar-refractivity contribution in [2.24, 2.45) is 0 Å². The molecule has 0 bridgehead atoms. The van der Waals surface area contributed by atoms with E-state index in [1.807, 2.05) is 57.4 Å². The van der Waals surface area contributed by atoms with Gasteiger partial charge in [-0.15, -0.1) is 0 Å². The van der Waals surface area contributed by atoms with Crippen LogP contribution in [0.3, 0.4) is 0 Å². The van der Waals surface area contributed by atoms with Crippen LogP contribution in [0, 0.1) is 6.92 Å². The smallest absolute Gasteiger partial charge is 0.340 e. The van der Waals surface area contributed by atoms with Crippen LogP contribution in [-0.4, -0.2) is 41.2 Å². The first kappa shape index (κ1) is 24.4. The van der Waals surface area contributed by atoms with E-state index >= 15 is 0 Å². The molecular formula is C32H33N3O2. The van der Waals surface area contributed by atoms with Gasteiger partial charge in [0.1, 0.15) is 0 Å². The summed E-state index contributed by atoms with van der Waals surface area (Å²) in [7, 11) is 10.0. The van der Waals surface area contributed by atoms with Crippen LogP contribution in [0.4, 0.5) is 22.7 Å². The van der Waals surface area contributed by atoms with Gasteiger partial charge in [0.05, 0.1) is 5.56 Å². The van der Waals surface area contributed by atoms with Gasteiger partial charge in [0, 0.05) is 74.7 Å². The lowest BCUT2D eigenvalue weighted by molar-refractivity contribution is 0.0253. The lowest BCUT2D eigenvalue weighted by atomic mass is 9.78. The number of fused-ring (bicyclic) bond motifs is 1. The Hall–Kier alpha value is -4.25. The first-order chi connectivity index (χ1) is 17.7. The van der Waals surface area contributed by atoms with Gasteiger partial charge in [-0.2, -0.15) is 0 Å². The SMILES string of the molecule is Cc1ccc(N(C)c2ccccc2C2(c3ccc(N(C)C)cc3)OC(=O)c3cc(N(C)C)ccc32)cc1. The average Bonchev–Trinajstić information content (AvgIpc) is 3.21. The van der Waals surface area contributed by atoms with Crippen molar-refractivity contribution in [1.29, 1.82) is 0 Å². The molecule has 1 unspecified atom stereocenters. The number of hydrogen-bond acceptors (Lipinski definition) is 5. The van der Waals surface area contributed by atoms with Gasteiger partial charge in [0.25, 0.3) is 0 Å². The highest BCUT2D eigenvalue weighted by atomic mass is 16.6. The second-order valence-electron chi connectivity index (χ2n) is 10.0. The van der Waals surface area contributed by atoms with Gasteiger partial charge in [0.15, 0.2) is 5.60 Å². The summed E-state index contributed by atoms with van der Waals surface area (Å²) >= 11 is 0. The number of para-hydroxylation sites is 1. The van der Waals surface area contributed by atoms with E-state index in [0.29, 0.717) is 5.56 Å². The molecular weight excluding hydrogens is 458 g/mol. The molecule has 4 aromatic rings. The molecule has 1 aliphatic heterocycles. The Morgan fingerprint density at radius 2 is 1.24 bits per heavy atom. The predicted octanol–water partition coefficient (Wildman–Crippen LogP) is 6.36. The fourth-order valence-electron chi connectivity index (χ4n) is 5.07. The molecule has 5 rings (SSSR count). The van der Waals surface area contributed by atoms with Crippen molar-refractivity contribution in [2.45, 2.75) is 12.5 Å². The number of carbonyl (C=O) groups excluding carboxylic acids is 1. The summed E-state index contributed by atoms with van der Waals surface area (Å²) in [6.45, 7) is 2.08. The van der Waals surface area contributed by atoms with Crippen LogP contribution in [0.2, 0.25) is 0 Å². The molecule has 0 amide bonds. The molecule has 1 heterocycles. The minimum atomic E-state index is -1.09. The van der Waals surface area contributed by atoms with E-state index in [2.05, 4.69) is 90.5 Å². The summed E-state index contributed by atoms with van der Waals surface area (Å²) in [5.41, 5.74) is 7.46. The highest BCUT2D eigenvalue weighted by Gasteiger charge is 2.50. The molecule has 0 N–H and O–H groups in total. The van der Waals surface area contributed by atoms with Crippen LogP contribution in [0.5, 0.6) is 0 Å². The second-order valence-corrected chi connectivity index (χ2v) is 10.0. The third-order valence-corrected chi connectivity index (χ3v) is 7.22. The number of hydrogen-bond donors (Lipinski definition) is 0. The van der Waals surface area contributed by atoms with E-state index in [4.69, 9.17) is 4.74 Å². The number of aryl methyl sites for hydroxylation is 1. The van der Waals surface area contributed by atoms with Gasteiger partial charge in [0.2, 0.25) is 0 Å².